The van der Waals surface area contributed by atoms with Crippen LogP contribution in [0.2, 0.25) is 0 Å². The van der Waals surface area contributed by atoms with E-state index in [-0.39, 0.29) is 17.8 Å². The molecule has 4 nitrogen and oxygen atoms in total. The van der Waals surface area contributed by atoms with Crippen LogP contribution in [0.25, 0.3) is 0 Å². The van der Waals surface area contributed by atoms with Crippen molar-refractivity contribution in [1.29, 1.82) is 0 Å². The van der Waals surface area contributed by atoms with Crippen LogP contribution < -0.4 is 5.43 Å². The number of carbonyl (C=O) groups excluding carboxylic acids is 1. The first-order valence-corrected chi connectivity index (χ1v) is 4.48. The van der Waals surface area contributed by atoms with Crippen LogP contribution in [0, 0.1) is 6.92 Å². The minimum atomic E-state index is -0.322. The molecule has 0 amide bonds. The van der Waals surface area contributed by atoms with Gasteiger partial charge in [0, 0.05) is 23.5 Å². The lowest BCUT2D eigenvalue weighted by Crippen LogP contribution is -2.14. The number of ether oxygens (including phenoxy) is 1. The quantitative estimate of drug-likeness (QED) is 0.725. The molecule has 1 rings (SSSR count). The summed E-state index contributed by atoms with van der Waals surface area (Å²) in [6, 6.07) is 1.43. The first-order chi connectivity index (χ1) is 6.65. The number of esters is 1. The molecule has 1 heterocycles. The Kier molecular flexibility index (Phi) is 3.45. The molecular weight excluding hydrogens is 182 g/mol. The highest BCUT2D eigenvalue weighted by Crippen LogP contribution is 2.00. The van der Waals surface area contributed by atoms with Gasteiger partial charge in [0.25, 0.3) is 0 Å². The third kappa shape index (κ3) is 2.45. The number of H-pyrrole nitrogens is 1. The topological polar surface area (TPSA) is 59.2 Å². The molecule has 0 atom stereocenters. The zero-order valence-electron chi connectivity index (χ0n) is 8.29. The zero-order valence-corrected chi connectivity index (χ0v) is 8.29. The maximum Gasteiger partial charge on any atom is 0.311 e. The number of aromatic nitrogens is 1. The first kappa shape index (κ1) is 10.5. The summed E-state index contributed by atoms with van der Waals surface area (Å²) in [5.74, 6) is -0.322. The van der Waals surface area contributed by atoms with Gasteiger partial charge in [-0.3, -0.25) is 9.59 Å². The number of pyridine rings is 1. The average molecular weight is 195 g/mol. The summed E-state index contributed by atoms with van der Waals surface area (Å²) in [6.45, 7) is 3.79. The number of hydrogen-bond donors (Lipinski definition) is 1. The van der Waals surface area contributed by atoms with Gasteiger partial charge < -0.3 is 9.72 Å². The van der Waals surface area contributed by atoms with Gasteiger partial charge in [-0.15, -0.1) is 0 Å². The molecule has 1 aromatic heterocycles. The number of aromatic amines is 1. The molecule has 0 spiro atoms. The van der Waals surface area contributed by atoms with Crippen LogP contribution in [0.3, 0.4) is 0 Å². The second-order valence-corrected chi connectivity index (χ2v) is 2.93. The van der Waals surface area contributed by atoms with E-state index in [0.717, 1.165) is 0 Å². The van der Waals surface area contributed by atoms with Gasteiger partial charge in [-0.1, -0.05) is 0 Å². The highest BCUT2D eigenvalue weighted by Gasteiger charge is 2.08. The molecule has 76 valence electrons. The van der Waals surface area contributed by atoms with E-state index in [1.165, 1.54) is 12.3 Å². The van der Waals surface area contributed by atoms with Gasteiger partial charge in [0.15, 0.2) is 5.43 Å². The van der Waals surface area contributed by atoms with Crippen molar-refractivity contribution in [2.75, 3.05) is 6.61 Å². The van der Waals surface area contributed by atoms with Gasteiger partial charge in [-0.2, -0.15) is 0 Å². The van der Waals surface area contributed by atoms with E-state index < -0.39 is 0 Å². The molecule has 0 unspecified atom stereocenters. The van der Waals surface area contributed by atoms with Gasteiger partial charge >= 0.3 is 5.97 Å². The van der Waals surface area contributed by atoms with Gasteiger partial charge in [0.1, 0.15) is 0 Å². The predicted octanol–water partition coefficient (Wildman–Crippen LogP) is 0.789. The van der Waals surface area contributed by atoms with Crippen LogP contribution in [-0.2, 0) is 16.0 Å². The van der Waals surface area contributed by atoms with Crippen LogP contribution >= 0.6 is 0 Å². The summed E-state index contributed by atoms with van der Waals surface area (Å²) in [5, 5.41) is 0. The molecule has 0 saturated carbocycles. The van der Waals surface area contributed by atoms with E-state index in [9.17, 15) is 9.59 Å². The Hall–Kier alpha value is -1.58. The van der Waals surface area contributed by atoms with Crippen LogP contribution in [0.4, 0.5) is 0 Å². The highest BCUT2D eigenvalue weighted by atomic mass is 16.5. The summed E-state index contributed by atoms with van der Waals surface area (Å²) < 4.78 is 4.78. The Bertz CT molecular complexity index is 381. The molecule has 0 aliphatic heterocycles. The Morgan fingerprint density at radius 3 is 2.93 bits per heavy atom. The van der Waals surface area contributed by atoms with Crippen LogP contribution in [-0.4, -0.2) is 17.6 Å². The summed E-state index contributed by atoms with van der Waals surface area (Å²) in [7, 11) is 0. The van der Waals surface area contributed by atoms with E-state index in [1.807, 2.05) is 0 Å². The number of nitrogens with one attached hydrogen (secondary N) is 1. The molecule has 0 aliphatic rings. The lowest BCUT2D eigenvalue weighted by atomic mass is 10.1. The third-order valence-electron chi connectivity index (χ3n) is 1.94. The minimum absolute atomic E-state index is 0.0666. The smallest absolute Gasteiger partial charge is 0.311 e. The van der Waals surface area contributed by atoms with Crippen molar-refractivity contribution in [1.82, 2.24) is 4.98 Å². The van der Waals surface area contributed by atoms with Crippen LogP contribution in [0.15, 0.2) is 17.1 Å². The average Bonchev–Trinajstić information content (AvgIpc) is 2.13. The normalized spacial score (nSPS) is 9.86. The lowest BCUT2D eigenvalue weighted by Gasteiger charge is -2.04. The number of rotatable bonds is 3. The molecular formula is C10H13NO3. The van der Waals surface area contributed by atoms with Crippen molar-refractivity contribution in [2.45, 2.75) is 20.3 Å². The van der Waals surface area contributed by atoms with Gasteiger partial charge in [0.2, 0.25) is 0 Å². The first-order valence-electron chi connectivity index (χ1n) is 4.48. The summed E-state index contributed by atoms with van der Waals surface area (Å²) >= 11 is 0. The van der Waals surface area contributed by atoms with Crippen molar-refractivity contribution in [3.8, 4) is 0 Å². The van der Waals surface area contributed by atoms with E-state index in [2.05, 4.69) is 4.98 Å². The molecule has 0 bridgehead atoms. The summed E-state index contributed by atoms with van der Waals surface area (Å²) in [5.41, 5.74) is 1.12. The molecule has 4 heteroatoms. The second-order valence-electron chi connectivity index (χ2n) is 2.93. The molecule has 0 saturated heterocycles. The van der Waals surface area contributed by atoms with Crippen molar-refractivity contribution >= 4 is 5.97 Å². The number of carbonyl (C=O) groups is 1. The molecule has 0 fully saturated rings. The summed E-state index contributed by atoms with van der Waals surface area (Å²) in [4.78, 5) is 25.2. The lowest BCUT2D eigenvalue weighted by molar-refractivity contribution is -0.142. The highest BCUT2D eigenvalue weighted by molar-refractivity contribution is 5.72. The zero-order chi connectivity index (χ0) is 10.6. The Balaban J connectivity index is 2.82. The summed E-state index contributed by atoms with van der Waals surface area (Å²) in [6.07, 6.45) is 1.65. The maximum absolute atomic E-state index is 11.2. The van der Waals surface area contributed by atoms with Crippen molar-refractivity contribution in [2.24, 2.45) is 0 Å². The van der Waals surface area contributed by atoms with E-state index in [0.29, 0.717) is 17.9 Å². The van der Waals surface area contributed by atoms with E-state index in [4.69, 9.17) is 4.74 Å². The minimum Gasteiger partial charge on any atom is -0.466 e. The molecule has 14 heavy (non-hydrogen) atoms. The molecule has 1 aromatic rings. The molecule has 0 aliphatic carbocycles. The maximum atomic E-state index is 11.2. The second kappa shape index (κ2) is 4.60. The number of hydrogen-bond acceptors (Lipinski definition) is 3. The fourth-order valence-corrected chi connectivity index (χ4v) is 1.14. The van der Waals surface area contributed by atoms with Crippen molar-refractivity contribution < 1.29 is 9.53 Å². The molecule has 0 aromatic carbocycles. The third-order valence-corrected chi connectivity index (χ3v) is 1.94. The van der Waals surface area contributed by atoms with Crippen LogP contribution in [0.1, 0.15) is 18.2 Å². The van der Waals surface area contributed by atoms with Crippen molar-refractivity contribution in [3.05, 3.63) is 33.7 Å². The fraction of sp³-hybridized carbons (Fsp3) is 0.400. The Morgan fingerprint density at radius 1 is 1.57 bits per heavy atom. The standard InChI is InChI=1S/C10H13NO3/c1-3-14-10(13)6-8-7(2)9(12)4-5-11-8/h4-5H,3,6H2,1-2H3,(H,11,12). The SMILES string of the molecule is CCOC(=O)Cc1[nH]ccc(=O)c1C. The Labute approximate surface area is 81.9 Å². The van der Waals surface area contributed by atoms with E-state index >= 15 is 0 Å². The van der Waals surface area contributed by atoms with Crippen molar-refractivity contribution in [3.63, 3.8) is 0 Å². The molecule has 0 radical (unpaired) electrons. The Morgan fingerprint density at radius 2 is 2.29 bits per heavy atom. The van der Waals surface area contributed by atoms with E-state index in [1.54, 1.807) is 13.8 Å². The van der Waals surface area contributed by atoms with Gasteiger partial charge in [-0.25, -0.2) is 0 Å². The monoisotopic (exact) mass is 195 g/mol. The van der Waals surface area contributed by atoms with Crippen LogP contribution in [0.5, 0.6) is 0 Å². The van der Waals surface area contributed by atoms with Gasteiger partial charge in [-0.05, 0) is 13.8 Å². The predicted molar refractivity (Wildman–Crippen MR) is 52.1 cm³/mol. The largest absolute Gasteiger partial charge is 0.466 e. The van der Waals surface area contributed by atoms with Gasteiger partial charge in [0.05, 0.1) is 13.0 Å². The fourth-order valence-electron chi connectivity index (χ4n) is 1.14. The molecule has 1 N–H and O–H groups in total.